The minimum Gasteiger partial charge on any atom is -0.339 e. The van der Waals surface area contributed by atoms with Crippen LogP contribution in [-0.4, -0.2) is 19.7 Å². The van der Waals surface area contributed by atoms with Gasteiger partial charge in [0, 0.05) is 4.47 Å². The summed E-state index contributed by atoms with van der Waals surface area (Å²) in [5, 5.41) is 8.71. The number of para-hydroxylation sites is 1. The Labute approximate surface area is 147 Å². The lowest BCUT2D eigenvalue weighted by atomic mass is 10.2. The fourth-order valence-corrected chi connectivity index (χ4v) is 2.94. The molecule has 6 heteroatoms. The smallest absolute Gasteiger partial charge is 0.163 e. The summed E-state index contributed by atoms with van der Waals surface area (Å²) < 4.78 is 2.87. The van der Waals surface area contributed by atoms with Gasteiger partial charge in [-0.05, 0) is 33.6 Å². The van der Waals surface area contributed by atoms with E-state index in [0.717, 1.165) is 27.0 Å². The van der Waals surface area contributed by atoms with Gasteiger partial charge in [-0.3, -0.25) is 0 Å². The first-order valence-electron chi connectivity index (χ1n) is 7.53. The number of hydrogen-bond donors (Lipinski definition) is 1. The first-order chi connectivity index (χ1) is 11.8. The molecule has 0 saturated heterocycles. The predicted octanol–water partition coefficient (Wildman–Crippen LogP) is 4.38. The van der Waals surface area contributed by atoms with Crippen LogP contribution in [0.3, 0.4) is 0 Å². The van der Waals surface area contributed by atoms with Gasteiger partial charge in [-0.2, -0.15) is 5.10 Å². The van der Waals surface area contributed by atoms with Crippen LogP contribution in [0.4, 0.5) is 11.5 Å². The van der Waals surface area contributed by atoms with Gasteiger partial charge in [-0.15, -0.1) is 0 Å². The van der Waals surface area contributed by atoms with Crippen molar-refractivity contribution >= 4 is 38.5 Å². The zero-order valence-corrected chi connectivity index (χ0v) is 14.3. The highest BCUT2D eigenvalue weighted by Gasteiger charge is 2.11. The molecule has 5 nitrogen and oxygen atoms in total. The normalized spacial score (nSPS) is 10.9. The molecular formula is C18H14BrN5. The molecule has 0 aliphatic rings. The van der Waals surface area contributed by atoms with Crippen LogP contribution >= 0.6 is 15.9 Å². The van der Waals surface area contributed by atoms with Gasteiger partial charge in [0.2, 0.25) is 0 Å². The zero-order chi connectivity index (χ0) is 16.4. The molecule has 0 aliphatic heterocycles. The Kier molecular flexibility index (Phi) is 3.96. The van der Waals surface area contributed by atoms with Crippen LogP contribution in [0.5, 0.6) is 0 Å². The van der Waals surface area contributed by atoms with Crippen molar-refractivity contribution in [1.29, 1.82) is 0 Å². The number of aromatic nitrogens is 4. The molecule has 0 amide bonds. The number of nitrogens with zero attached hydrogens (tertiary/aromatic N) is 4. The summed E-state index contributed by atoms with van der Waals surface area (Å²) in [5.41, 5.74) is 2.94. The maximum Gasteiger partial charge on any atom is 0.163 e. The molecule has 1 N–H and O–H groups in total. The maximum absolute atomic E-state index is 4.48. The molecule has 0 aliphatic carbocycles. The van der Waals surface area contributed by atoms with E-state index in [1.165, 1.54) is 5.56 Å². The van der Waals surface area contributed by atoms with Gasteiger partial charge >= 0.3 is 0 Å². The van der Waals surface area contributed by atoms with Crippen molar-refractivity contribution in [3.63, 3.8) is 0 Å². The summed E-state index contributed by atoms with van der Waals surface area (Å²) in [7, 11) is 0. The first kappa shape index (κ1) is 14.8. The van der Waals surface area contributed by atoms with Gasteiger partial charge in [0.25, 0.3) is 0 Å². The van der Waals surface area contributed by atoms with Crippen LogP contribution in [0.15, 0.2) is 71.6 Å². The summed E-state index contributed by atoms with van der Waals surface area (Å²) in [6, 6.07) is 18.1. The Morgan fingerprint density at radius 2 is 1.75 bits per heavy atom. The van der Waals surface area contributed by atoms with Gasteiger partial charge in [0.15, 0.2) is 5.65 Å². The minimum atomic E-state index is 0.676. The van der Waals surface area contributed by atoms with Crippen molar-refractivity contribution < 1.29 is 0 Å². The summed E-state index contributed by atoms with van der Waals surface area (Å²) >= 11 is 3.54. The molecule has 4 rings (SSSR count). The molecule has 0 saturated carbocycles. The van der Waals surface area contributed by atoms with Crippen molar-refractivity contribution in [2.24, 2.45) is 0 Å². The summed E-state index contributed by atoms with van der Waals surface area (Å²) in [5.74, 6) is 0.742. The van der Waals surface area contributed by atoms with Gasteiger partial charge in [-0.1, -0.05) is 42.5 Å². The molecule has 118 valence electrons. The number of fused-ring (bicyclic) bond motifs is 1. The number of hydrogen-bond acceptors (Lipinski definition) is 4. The third kappa shape index (κ3) is 2.88. The van der Waals surface area contributed by atoms with E-state index in [4.69, 9.17) is 0 Å². The number of rotatable bonds is 4. The average Bonchev–Trinajstić information content (AvgIpc) is 3.02. The van der Waals surface area contributed by atoms with Crippen LogP contribution in [0.25, 0.3) is 11.0 Å². The third-order valence-corrected chi connectivity index (χ3v) is 4.43. The highest BCUT2D eigenvalue weighted by atomic mass is 79.9. The number of nitrogens with one attached hydrogen (secondary N) is 1. The molecular weight excluding hydrogens is 366 g/mol. The van der Waals surface area contributed by atoms with E-state index >= 15 is 0 Å². The average molecular weight is 380 g/mol. The van der Waals surface area contributed by atoms with Crippen LogP contribution in [0.2, 0.25) is 0 Å². The fourth-order valence-electron chi connectivity index (χ4n) is 2.55. The quantitative estimate of drug-likeness (QED) is 0.571. The molecule has 0 radical (unpaired) electrons. The number of benzene rings is 2. The Bertz CT molecular complexity index is 981. The monoisotopic (exact) mass is 379 g/mol. The molecule has 0 bridgehead atoms. The van der Waals surface area contributed by atoms with Crippen molar-refractivity contribution in [3.8, 4) is 0 Å². The molecule has 0 spiro atoms. The summed E-state index contributed by atoms with van der Waals surface area (Å²) in [4.78, 5) is 8.77. The van der Waals surface area contributed by atoms with E-state index in [9.17, 15) is 0 Å². The van der Waals surface area contributed by atoms with E-state index in [-0.39, 0.29) is 0 Å². The molecule has 0 atom stereocenters. The second-order valence-electron chi connectivity index (χ2n) is 5.35. The largest absolute Gasteiger partial charge is 0.339 e. The lowest BCUT2D eigenvalue weighted by Crippen LogP contribution is -2.03. The number of halogens is 1. The van der Waals surface area contributed by atoms with E-state index in [0.29, 0.717) is 6.54 Å². The Morgan fingerprint density at radius 3 is 2.58 bits per heavy atom. The Balaban J connectivity index is 1.70. The zero-order valence-electron chi connectivity index (χ0n) is 12.7. The lowest BCUT2D eigenvalue weighted by Gasteiger charge is -2.08. The molecule has 0 fully saturated rings. The highest BCUT2D eigenvalue weighted by Crippen LogP contribution is 2.27. The Hall–Kier alpha value is -2.73. The van der Waals surface area contributed by atoms with Crippen LogP contribution in [0, 0.1) is 0 Å². The fraction of sp³-hybridized carbons (Fsp3) is 0.0556. The maximum atomic E-state index is 4.48. The van der Waals surface area contributed by atoms with Crippen molar-refractivity contribution in [3.05, 3.63) is 77.2 Å². The number of anilines is 2. The van der Waals surface area contributed by atoms with Crippen molar-refractivity contribution in [2.75, 3.05) is 5.32 Å². The third-order valence-electron chi connectivity index (χ3n) is 3.74. The Morgan fingerprint density at radius 1 is 0.958 bits per heavy atom. The molecule has 2 heterocycles. The standard InChI is InChI=1S/C18H14BrN5/c19-15-8-4-5-9-16(15)23-17-14-10-22-24(18(14)21-12-20-17)11-13-6-2-1-3-7-13/h1-10,12H,11H2,(H,20,21,23). The second-order valence-corrected chi connectivity index (χ2v) is 6.21. The van der Waals surface area contributed by atoms with E-state index in [2.05, 4.69) is 48.4 Å². The predicted molar refractivity (Wildman–Crippen MR) is 98.3 cm³/mol. The van der Waals surface area contributed by atoms with Gasteiger partial charge in [-0.25, -0.2) is 14.6 Å². The molecule has 2 aromatic carbocycles. The van der Waals surface area contributed by atoms with E-state index < -0.39 is 0 Å². The minimum absolute atomic E-state index is 0.676. The van der Waals surface area contributed by atoms with E-state index in [1.54, 1.807) is 12.5 Å². The van der Waals surface area contributed by atoms with Crippen LogP contribution in [0.1, 0.15) is 5.56 Å². The second kappa shape index (κ2) is 6.41. The van der Waals surface area contributed by atoms with E-state index in [1.807, 2.05) is 47.1 Å². The molecule has 4 aromatic rings. The highest BCUT2D eigenvalue weighted by molar-refractivity contribution is 9.10. The van der Waals surface area contributed by atoms with Crippen LogP contribution in [-0.2, 0) is 6.54 Å². The summed E-state index contributed by atoms with van der Waals surface area (Å²) in [6.07, 6.45) is 3.36. The van der Waals surface area contributed by atoms with Crippen molar-refractivity contribution in [2.45, 2.75) is 6.54 Å². The summed E-state index contributed by atoms with van der Waals surface area (Å²) in [6.45, 7) is 0.676. The lowest BCUT2D eigenvalue weighted by molar-refractivity contribution is 0.704. The van der Waals surface area contributed by atoms with Crippen LogP contribution < -0.4 is 5.32 Å². The van der Waals surface area contributed by atoms with Gasteiger partial charge in [0.1, 0.15) is 12.1 Å². The first-order valence-corrected chi connectivity index (χ1v) is 8.32. The molecule has 2 aromatic heterocycles. The molecule has 24 heavy (non-hydrogen) atoms. The topological polar surface area (TPSA) is 55.6 Å². The SMILES string of the molecule is Brc1ccccc1Nc1ncnc2c1cnn2Cc1ccccc1. The van der Waals surface area contributed by atoms with Gasteiger partial charge in [0.05, 0.1) is 23.8 Å². The van der Waals surface area contributed by atoms with Gasteiger partial charge < -0.3 is 5.32 Å². The molecule has 0 unspecified atom stereocenters. The van der Waals surface area contributed by atoms with Crippen molar-refractivity contribution in [1.82, 2.24) is 19.7 Å².